The molecule has 0 aliphatic carbocycles. The molecule has 2 heterocycles. The Labute approximate surface area is 152 Å². The Morgan fingerprint density at radius 3 is 2.72 bits per heavy atom. The highest BCUT2D eigenvalue weighted by Gasteiger charge is 2.24. The minimum Gasteiger partial charge on any atom is -0.372 e. The van der Waals surface area contributed by atoms with Crippen LogP contribution >= 0.6 is 11.3 Å². The van der Waals surface area contributed by atoms with Gasteiger partial charge in [-0.05, 0) is 32.9 Å². The molecule has 0 spiro atoms. The standard InChI is InChI=1S/C18H24N4O2S/c1-12-11-25-17(20-12)8-19-18(23)21-15-6-4-5-7-16(15)22-9-13(2)24-14(3)10-22/h4-7,11,13-14H,8-10H2,1-3H3,(H2,19,21,23)/t13-,14-/m0/s1. The third-order valence-corrected chi connectivity index (χ3v) is 4.95. The number of aryl methyl sites for hydroxylation is 1. The van der Waals surface area contributed by atoms with Gasteiger partial charge in [-0.3, -0.25) is 0 Å². The number of urea groups is 1. The van der Waals surface area contributed by atoms with Crippen molar-refractivity contribution in [3.05, 3.63) is 40.3 Å². The van der Waals surface area contributed by atoms with Crippen molar-refractivity contribution in [2.75, 3.05) is 23.3 Å². The zero-order chi connectivity index (χ0) is 17.8. The summed E-state index contributed by atoms with van der Waals surface area (Å²) in [6.45, 7) is 8.13. The van der Waals surface area contributed by atoms with Crippen LogP contribution in [0.2, 0.25) is 0 Å². The first kappa shape index (κ1) is 17.7. The van der Waals surface area contributed by atoms with E-state index in [4.69, 9.17) is 4.74 Å². The molecule has 1 fully saturated rings. The predicted octanol–water partition coefficient (Wildman–Crippen LogP) is 3.39. The molecule has 134 valence electrons. The van der Waals surface area contributed by atoms with Gasteiger partial charge in [0.15, 0.2) is 0 Å². The number of thiazole rings is 1. The molecule has 0 bridgehead atoms. The molecule has 1 aliphatic heterocycles. The fraction of sp³-hybridized carbons (Fsp3) is 0.444. The van der Waals surface area contributed by atoms with Gasteiger partial charge in [0.25, 0.3) is 0 Å². The van der Waals surface area contributed by atoms with E-state index in [0.29, 0.717) is 6.54 Å². The molecular formula is C18H24N4O2S. The number of hydrogen-bond donors (Lipinski definition) is 2. The number of carbonyl (C=O) groups is 1. The molecule has 0 unspecified atom stereocenters. The van der Waals surface area contributed by atoms with E-state index in [1.165, 1.54) is 0 Å². The summed E-state index contributed by atoms with van der Waals surface area (Å²) < 4.78 is 5.80. The number of ether oxygens (including phenoxy) is 1. The molecule has 0 radical (unpaired) electrons. The van der Waals surface area contributed by atoms with Crippen LogP contribution in [-0.4, -0.2) is 36.3 Å². The summed E-state index contributed by atoms with van der Waals surface area (Å²) >= 11 is 1.55. The van der Waals surface area contributed by atoms with Crippen molar-refractivity contribution in [3.63, 3.8) is 0 Å². The van der Waals surface area contributed by atoms with Gasteiger partial charge in [0.05, 0.1) is 30.1 Å². The molecule has 2 N–H and O–H groups in total. The van der Waals surface area contributed by atoms with Gasteiger partial charge in [0.1, 0.15) is 5.01 Å². The fourth-order valence-corrected chi connectivity index (χ4v) is 3.75. The molecule has 1 aromatic heterocycles. The predicted molar refractivity (Wildman–Crippen MR) is 101 cm³/mol. The van der Waals surface area contributed by atoms with Crippen LogP contribution in [0, 0.1) is 6.92 Å². The minimum absolute atomic E-state index is 0.166. The largest absolute Gasteiger partial charge is 0.372 e. The van der Waals surface area contributed by atoms with Gasteiger partial charge in [0, 0.05) is 24.2 Å². The third-order valence-electron chi connectivity index (χ3n) is 3.98. The van der Waals surface area contributed by atoms with Crippen molar-refractivity contribution in [1.29, 1.82) is 0 Å². The lowest BCUT2D eigenvalue weighted by molar-refractivity contribution is -0.00517. The lowest BCUT2D eigenvalue weighted by Gasteiger charge is -2.37. The van der Waals surface area contributed by atoms with Gasteiger partial charge in [-0.15, -0.1) is 11.3 Å². The van der Waals surface area contributed by atoms with E-state index in [9.17, 15) is 4.79 Å². The molecule has 2 atom stereocenters. The van der Waals surface area contributed by atoms with Gasteiger partial charge in [0.2, 0.25) is 0 Å². The maximum atomic E-state index is 12.3. The fourth-order valence-electron chi connectivity index (χ4n) is 3.04. The number of morpholine rings is 1. The lowest BCUT2D eigenvalue weighted by Crippen LogP contribution is -2.45. The number of anilines is 2. The normalized spacial score (nSPS) is 20.4. The maximum absolute atomic E-state index is 12.3. The van der Waals surface area contributed by atoms with E-state index in [1.54, 1.807) is 11.3 Å². The average molecular weight is 360 g/mol. The van der Waals surface area contributed by atoms with Crippen LogP contribution in [0.15, 0.2) is 29.6 Å². The number of benzene rings is 1. The van der Waals surface area contributed by atoms with Crippen LogP contribution in [0.25, 0.3) is 0 Å². The first-order valence-electron chi connectivity index (χ1n) is 8.46. The monoisotopic (exact) mass is 360 g/mol. The van der Waals surface area contributed by atoms with Crippen molar-refractivity contribution >= 4 is 28.7 Å². The second kappa shape index (κ2) is 7.84. The molecule has 1 saturated heterocycles. The van der Waals surface area contributed by atoms with Crippen molar-refractivity contribution in [3.8, 4) is 0 Å². The summed E-state index contributed by atoms with van der Waals surface area (Å²) in [5, 5.41) is 8.70. The lowest BCUT2D eigenvalue weighted by atomic mass is 10.1. The summed E-state index contributed by atoms with van der Waals surface area (Å²) in [5.41, 5.74) is 2.80. The van der Waals surface area contributed by atoms with Crippen LogP contribution in [0.4, 0.5) is 16.2 Å². The maximum Gasteiger partial charge on any atom is 0.319 e. The highest BCUT2D eigenvalue weighted by Crippen LogP contribution is 2.28. The Hall–Kier alpha value is -2.12. The molecule has 1 aromatic carbocycles. The van der Waals surface area contributed by atoms with E-state index >= 15 is 0 Å². The Morgan fingerprint density at radius 2 is 2.04 bits per heavy atom. The number of para-hydroxylation sites is 2. The number of nitrogens with zero attached hydrogens (tertiary/aromatic N) is 2. The van der Waals surface area contributed by atoms with Crippen LogP contribution in [0.1, 0.15) is 24.5 Å². The van der Waals surface area contributed by atoms with Crippen LogP contribution in [-0.2, 0) is 11.3 Å². The minimum atomic E-state index is -0.227. The highest BCUT2D eigenvalue weighted by molar-refractivity contribution is 7.09. The number of rotatable bonds is 4. The Bertz CT molecular complexity index is 723. The first-order valence-corrected chi connectivity index (χ1v) is 9.34. The topological polar surface area (TPSA) is 66.5 Å². The molecule has 2 aromatic rings. The van der Waals surface area contributed by atoms with E-state index in [-0.39, 0.29) is 18.2 Å². The number of carbonyl (C=O) groups excluding carboxylic acids is 1. The van der Waals surface area contributed by atoms with E-state index in [2.05, 4.69) is 34.4 Å². The van der Waals surface area contributed by atoms with Crippen molar-refractivity contribution in [2.24, 2.45) is 0 Å². The molecule has 3 rings (SSSR count). The first-order chi connectivity index (χ1) is 12.0. The summed E-state index contributed by atoms with van der Waals surface area (Å²) in [4.78, 5) is 18.9. The molecule has 25 heavy (non-hydrogen) atoms. The number of hydrogen-bond acceptors (Lipinski definition) is 5. The summed E-state index contributed by atoms with van der Waals surface area (Å²) in [6, 6.07) is 7.64. The van der Waals surface area contributed by atoms with Crippen molar-refractivity contribution < 1.29 is 9.53 Å². The molecule has 2 amide bonds. The van der Waals surface area contributed by atoms with Crippen LogP contribution < -0.4 is 15.5 Å². The van der Waals surface area contributed by atoms with Gasteiger partial charge in [-0.2, -0.15) is 0 Å². The quantitative estimate of drug-likeness (QED) is 0.877. The van der Waals surface area contributed by atoms with Gasteiger partial charge < -0.3 is 20.3 Å². The summed E-state index contributed by atoms with van der Waals surface area (Å²) in [5.74, 6) is 0. The molecular weight excluding hydrogens is 336 g/mol. The SMILES string of the molecule is Cc1csc(CNC(=O)Nc2ccccc2N2C[C@H](C)O[C@@H](C)C2)n1. The molecule has 6 nitrogen and oxygen atoms in total. The Kier molecular flexibility index (Phi) is 5.55. The second-order valence-corrected chi connectivity index (χ2v) is 7.31. The van der Waals surface area contributed by atoms with Crippen LogP contribution in [0.3, 0.4) is 0 Å². The summed E-state index contributed by atoms with van der Waals surface area (Å²) in [7, 11) is 0. The van der Waals surface area contributed by atoms with E-state index in [1.807, 2.05) is 36.6 Å². The van der Waals surface area contributed by atoms with Crippen molar-refractivity contribution in [2.45, 2.75) is 39.5 Å². The van der Waals surface area contributed by atoms with Crippen molar-refractivity contribution in [1.82, 2.24) is 10.3 Å². The average Bonchev–Trinajstić information content (AvgIpc) is 2.98. The van der Waals surface area contributed by atoms with E-state index < -0.39 is 0 Å². The number of nitrogens with one attached hydrogen (secondary N) is 2. The summed E-state index contributed by atoms with van der Waals surface area (Å²) in [6.07, 6.45) is 0.331. The Morgan fingerprint density at radius 1 is 1.32 bits per heavy atom. The molecule has 0 saturated carbocycles. The smallest absolute Gasteiger partial charge is 0.319 e. The van der Waals surface area contributed by atoms with Gasteiger partial charge in [-0.1, -0.05) is 12.1 Å². The second-order valence-electron chi connectivity index (χ2n) is 6.37. The zero-order valence-corrected chi connectivity index (χ0v) is 15.6. The third kappa shape index (κ3) is 4.70. The zero-order valence-electron chi connectivity index (χ0n) is 14.8. The van der Waals surface area contributed by atoms with Gasteiger partial charge >= 0.3 is 6.03 Å². The van der Waals surface area contributed by atoms with E-state index in [0.717, 1.165) is 35.2 Å². The van der Waals surface area contributed by atoms with Gasteiger partial charge in [-0.25, -0.2) is 9.78 Å². The highest BCUT2D eigenvalue weighted by atomic mass is 32.1. The van der Waals surface area contributed by atoms with Crippen LogP contribution in [0.5, 0.6) is 0 Å². The number of aromatic nitrogens is 1. The number of amides is 2. The molecule has 7 heteroatoms. The Balaban J connectivity index is 1.65. The molecule has 1 aliphatic rings.